The molecule has 0 atom stereocenters. The summed E-state index contributed by atoms with van der Waals surface area (Å²) in [6.45, 7) is 0. The first-order chi connectivity index (χ1) is 9.69. The van der Waals surface area contributed by atoms with E-state index >= 15 is 0 Å². The zero-order chi connectivity index (χ0) is 14.1. The van der Waals surface area contributed by atoms with E-state index < -0.39 is 5.97 Å². The summed E-state index contributed by atoms with van der Waals surface area (Å²) in [5.41, 5.74) is 1.93. The van der Waals surface area contributed by atoms with Crippen LogP contribution in [0.1, 0.15) is 10.4 Å². The van der Waals surface area contributed by atoms with Crippen LogP contribution in [0.4, 0.5) is 0 Å². The summed E-state index contributed by atoms with van der Waals surface area (Å²) < 4.78 is 0. The molecule has 0 bridgehead atoms. The van der Waals surface area contributed by atoms with E-state index in [0.717, 1.165) is 10.5 Å². The Bertz CT molecular complexity index is 781. The van der Waals surface area contributed by atoms with Crippen LogP contribution >= 0.6 is 11.8 Å². The van der Waals surface area contributed by atoms with Gasteiger partial charge < -0.3 is 10.1 Å². The minimum Gasteiger partial charge on any atom is -0.478 e. The number of carboxylic acid groups (broad SMARTS) is 1. The second kappa shape index (κ2) is 4.97. The fourth-order valence-corrected chi connectivity index (χ4v) is 2.38. The average molecular weight is 285 g/mol. The monoisotopic (exact) mass is 285 g/mol. The highest BCUT2D eigenvalue weighted by atomic mass is 32.2. The predicted octanol–water partition coefficient (Wildman–Crippen LogP) is 3.05. The topological polar surface area (TPSA) is 78.9 Å². The number of carbonyl (C=O) groups is 1. The third kappa shape index (κ3) is 2.14. The molecule has 2 aromatic heterocycles. The summed E-state index contributed by atoms with van der Waals surface area (Å²) in [6, 6.07) is 9.36. The van der Waals surface area contributed by atoms with Crippen molar-refractivity contribution in [2.24, 2.45) is 0 Å². The number of aromatic carboxylic acids is 1. The number of nitrogens with one attached hydrogen (secondary N) is 1. The molecule has 0 fully saturated rings. The molecule has 0 spiro atoms. The van der Waals surface area contributed by atoms with Crippen LogP contribution in [0, 0.1) is 0 Å². The number of fused-ring (bicyclic) bond motifs is 1. The summed E-state index contributed by atoms with van der Waals surface area (Å²) in [5, 5.41) is 9.15. The molecule has 0 saturated carbocycles. The van der Waals surface area contributed by atoms with Crippen molar-refractivity contribution in [3.8, 4) is 11.4 Å². The van der Waals surface area contributed by atoms with Gasteiger partial charge in [-0.15, -0.1) is 11.8 Å². The Morgan fingerprint density at radius 2 is 2.00 bits per heavy atom. The van der Waals surface area contributed by atoms with Crippen LogP contribution in [0.25, 0.3) is 22.6 Å². The average Bonchev–Trinajstić information content (AvgIpc) is 2.90. The van der Waals surface area contributed by atoms with Gasteiger partial charge in [0, 0.05) is 16.7 Å². The molecule has 6 heteroatoms. The molecule has 2 heterocycles. The van der Waals surface area contributed by atoms with Crippen LogP contribution in [0.2, 0.25) is 0 Å². The lowest BCUT2D eigenvalue weighted by Crippen LogP contribution is -1.97. The smallest absolute Gasteiger partial charge is 0.338 e. The van der Waals surface area contributed by atoms with Crippen molar-refractivity contribution in [3.05, 3.63) is 42.1 Å². The Labute approximate surface area is 119 Å². The van der Waals surface area contributed by atoms with Crippen molar-refractivity contribution < 1.29 is 9.90 Å². The highest BCUT2D eigenvalue weighted by molar-refractivity contribution is 7.98. The summed E-state index contributed by atoms with van der Waals surface area (Å²) in [7, 11) is 0. The molecule has 0 unspecified atom stereocenters. The first-order valence-electron chi connectivity index (χ1n) is 5.91. The van der Waals surface area contributed by atoms with Gasteiger partial charge >= 0.3 is 5.97 Å². The van der Waals surface area contributed by atoms with Crippen molar-refractivity contribution >= 4 is 28.9 Å². The van der Waals surface area contributed by atoms with Crippen molar-refractivity contribution in [2.75, 3.05) is 6.26 Å². The largest absolute Gasteiger partial charge is 0.478 e. The van der Waals surface area contributed by atoms with E-state index in [-0.39, 0.29) is 5.56 Å². The molecular weight excluding hydrogens is 274 g/mol. The molecule has 3 rings (SSSR count). The van der Waals surface area contributed by atoms with Crippen LogP contribution in [-0.2, 0) is 0 Å². The van der Waals surface area contributed by atoms with Gasteiger partial charge in [0.2, 0.25) is 0 Å². The molecule has 2 N–H and O–H groups in total. The zero-order valence-corrected chi connectivity index (χ0v) is 11.4. The zero-order valence-electron chi connectivity index (χ0n) is 10.6. The molecule has 1 aromatic carbocycles. The van der Waals surface area contributed by atoms with E-state index in [0.29, 0.717) is 17.0 Å². The standard InChI is InChI=1S/C14H11N3O2S/c1-20-9-4-2-8(3-5-9)12-16-11-10(14(18)19)6-7-15-13(11)17-12/h2-7H,1H3,(H,18,19)(H,15,16,17). The SMILES string of the molecule is CSc1ccc(-c2nc3nccc(C(=O)O)c3[nH]2)cc1. The molecule has 0 aliphatic heterocycles. The Morgan fingerprint density at radius 3 is 2.65 bits per heavy atom. The fraction of sp³-hybridized carbons (Fsp3) is 0.0714. The number of H-pyrrole nitrogens is 1. The fourth-order valence-electron chi connectivity index (χ4n) is 1.97. The van der Waals surface area contributed by atoms with Gasteiger partial charge in [0.15, 0.2) is 5.65 Å². The Kier molecular flexibility index (Phi) is 3.15. The number of pyridine rings is 1. The van der Waals surface area contributed by atoms with Gasteiger partial charge in [-0.25, -0.2) is 14.8 Å². The first kappa shape index (κ1) is 12.7. The number of benzene rings is 1. The van der Waals surface area contributed by atoms with E-state index in [1.807, 2.05) is 30.5 Å². The van der Waals surface area contributed by atoms with Crippen molar-refractivity contribution in [3.63, 3.8) is 0 Å². The quantitative estimate of drug-likeness (QED) is 0.723. The molecule has 0 aliphatic rings. The van der Waals surface area contributed by atoms with Crippen molar-refractivity contribution in [2.45, 2.75) is 4.90 Å². The van der Waals surface area contributed by atoms with Gasteiger partial charge in [0.05, 0.1) is 11.1 Å². The minimum absolute atomic E-state index is 0.175. The number of hydrogen-bond acceptors (Lipinski definition) is 4. The van der Waals surface area contributed by atoms with Crippen LogP contribution in [-0.4, -0.2) is 32.3 Å². The third-order valence-electron chi connectivity index (χ3n) is 2.99. The maximum Gasteiger partial charge on any atom is 0.338 e. The second-order valence-corrected chi connectivity index (χ2v) is 5.06. The minimum atomic E-state index is -0.995. The summed E-state index contributed by atoms with van der Waals surface area (Å²) >= 11 is 1.66. The maximum absolute atomic E-state index is 11.2. The third-order valence-corrected chi connectivity index (χ3v) is 3.73. The highest BCUT2D eigenvalue weighted by Gasteiger charge is 2.13. The normalized spacial score (nSPS) is 10.8. The van der Waals surface area contributed by atoms with Gasteiger partial charge in [0.25, 0.3) is 0 Å². The van der Waals surface area contributed by atoms with Crippen LogP contribution < -0.4 is 0 Å². The van der Waals surface area contributed by atoms with Crippen molar-refractivity contribution in [1.29, 1.82) is 0 Å². The van der Waals surface area contributed by atoms with Gasteiger partial charge in [0.1, 0.15) is 5.82 Å². The summed E-state index contributed by atoms with van der Waals surface area (Å²) in [6.07, 6.45) is 3.46. The number of carboxylic acids is 1. The number of hydrogen-bond donors (Lipinski definition) is 2. The number of imidazole rings is 1. The van der Waals surface area contributed by atoms with Crippen molar-refractivity contribution in [1.82, 2.24) is 15.0 Å². The predicted molar refractivity (Wildman–Crippen MR) is 78.1 cm³/mol. The second-order valence-electron chi connectivity index (χ2n) is 4.18. The number of thioether (sulfide) groups is 1. The van der Waals surface area contributed by atoms with E-state index in [2.05, 4.69) is 15.0 Å². The van der Waals surface area contributed by atoms with Crippen LogP contribution in [0.5, 0.6) is 0 Å². The van der Waals surface area contributed by atoms with Gasteiger partial charge in [-0.05, 0) is 24.5 Å². The summed E-state index contributed by atoms with van der Waals surface area (Å²) in [5.74, 6) is -0.376. The molecular formula is C14H11N3O2S. The maximum atomic E-state index is 11.2. The van der Waals surface area contributed by atoms with E-state index in [9.17, 15) is 4.79 Å². The Balaban J connectivity index is 2.12. The highest BCUT2D eigenvalue weighted by Crippen LogP contribution is 2.24. The Morgan fingerprint density at radius 1 is 1.25 bits per heavy atom. The number of aromatic amines is 1. The Hall–Kier alpha value is -2.34. The van der Waals surface area contributed by atoms with Crippen LogP contribution in [0.3, 0.4) is 0 Å². The van der Waals surface area contributed by atoms with Gasteiger partial charge in [-0.1, -0.05) is 12.1 Å². The molecule has 3 aromatic rings. The van der Waals surface area contributed by atoms with Gasteiger partial charge in [-0.2, -0.15) is 0 Å². The number of aromatic nitrogens is 3. The lowest BCUT2D eigenvalue weighted by Gasteiger charge is -1.98. The molecule has 5 nitrogen and oxygen atoms in total. The van der Waals surface area contributed by atoms with Gasteiger partial charge in [-0.3, -0.25) is 0 Å². The molecule has 0 aliphatic carbocycles. The number of nitrogens with zero attached hydrogens (tertiary/aromatic N) is 2. The molecule has 20 heavy (non-hydrogen) atoms. The van der Waals surface area contributed by atoms with E-state index in [1.165, 1.54) is 12.3 Å². The van der Waals surface area contributed by atoms with Crippen LogP contribution in [0.15, 0.2) is 41.4 Å². The first-order valence-corrected chi connectivity index (χ1v) is 7.14. The molecule has 0 amide bonds. The number of rotatable bonds is 3. The molecule has 0 radical (unpaired) electrons. The lowest BCUT2D eigenvalue weighted by molar-refractivity contribution is 0.0699. The molecule has 0 saturated heterocycles. The summed E-state index contributed by atoms with van der Waals surface area (Å²) in [4.78, 5) is 23.8. The lowest BCUT2D eigenvalue weighted by atomic mass is 10.2. The van der Waals surface area contributed by atoms with E-state index in [4.69, 9.17) is 5.11 Å². The van der Waals surface area contributed by atoms with E-state index in [1.54, 1.807) is 11.8 Å². The molecule has 100 valence electrons.